The first-order chi connectivity index (χ1) is 9.38. The summed E-state index contributed by atoms with van der Waals surface area (Å²) in [5, 5.41) is 6.48. The molecule has 0 saturated carbocycles. The third kappa shape index (κ3) is 8.25. The molecular weight excluding hydrogens is 399 g/mol. The van der Waals surface area contributed by atoms with Gasteiger partial charge in [-0.2, -0.15) is 0 Å². The molecule has 1 heterocycles. The third-order valence-corrected chi connectivity index (χ3v) is 3.52. The van der Waals surface area contributed by atoms with Crippen molar-refractivity contribution in [3.8, 4) is 0 Å². The van der Waals surface area contributed by atoms with Crippen LogP contribution in [0.15, 0.2) is 17.1 Å². The summed E-state index contributed by atoms with van der Waals surface area (Å²) < 4.78 is 0. The number of carbonyl (C=O) groups is 1. The van der Waals surface area contributed by atoms with E-state index in [0.29, 0.717) is 12.5 Å². The standard InChI is InChI=1S/C14H24N4OS.HI/c1-10(2)17-14(16-9-13(19)18(4)5)15-8-12-7-6-11(3)20-12;/h6-7,10H,8-9H2,1-5H3,(H2,15,16,17);1H. The van der Waals surface area contributed by atoms with Gasteiger partial charge in [0.1, 0.15) is 6.54 Å². The zero-order chi connectivity index (χ0) is 15.1. The largest absolute Gasteiger partial charge is 0.354 e. The van der Waals surface area contributed by atoms with E-state index in [1.165, 1.54) is 9.75 Å². The van der Waals surface area contributed by atoms with Gasteiger partial charge >= 0.3 is 0 Å². The van der Waals surface area contributed by atoms with Crippen molar-refractivity contribution < 1.29 is 4.79 Å². The maximum absolute atomic E-state index is 11.6. The van der Waals surface area contributed by atoms with Crippen LogP contribution < -0.4 is 10.6 Å². The van der Waals surface area contributed by atoms with Gasteiger partial charge in [0.2, 0.25) is 5.91 Å². The Morgan fingerprint density at radius 1 is 1.38 bits per heavy atom. The number of nitrogens with one attached hydrogen (secondary N) is 2. The number of guanidine groups is 1. The number of nitrogens with zero attached hydrogens (tertiary/aromatic N) is 2. The summed E-state index contributed by atoms with van der Waals surface area (Å²) in [4.78, 5) is 20.0. The molecule has 0 aliphatic heterocycles. The van der Waals surface area contributed by atoms with Crippen molar-refractivity contribution in [1.82, 2.24) is 15.5 Å². The Bertz CT molecular complexity index is 471. The van der Waals surface area contributed by atoms with Gasteiger partial charge in [-0.05, 0) is 32.9 Å². The highest BCUT2D eigenvalue weighted by molar-refractivity contribution is 14.0. The molecule has 21 heavy (non-hydrogen) atoms. The average Bonchev–Trinajstić information content (AvgIpc) is 2.77. The van der Waals surface area contributed by atoms with E-state index in [1.54, 1.807) is 30.3 Å². The molecule has 2 N–H and O–H groups in total. The average molecular weight is 424 g/mol. The van der Waals surface area contributed by atoms with Gasteiger partial charge in [0.05, 0.1) is 6.54 Å². The van der Waals surface area contributed by atoms with Gasteiger partial charge in [-0.1, -0.05) is 0 Å². The fourth-order valence-corrected chi connectivity index (χ4v) is 2.30. The van der Waals surface area contributed by atoms with Gasteiger partial charge in [0.25, 0.3) is 0 Å². The van der Waals surface area contributed by atoms with Crippen LogP contribution in [0.5, 0.6) is 0 Å². The molecule has 1 aromatic heterocycles. The van der Waals surface area contributed by atoms with Gasteiger partial charge in [0.15, 0.2) is 5.96 Å². The van der Waals surface area contributed by atoms with Crippen molar-refractivity contribution in [2.45, 2.75) is 33.4 Å². The van der Waals surface area contributed by atoms with E-state index in [2.05, 4.69) is 34.7 Å². The number of amides is 1. The topological polar surface area (TPSA) is 56.7 Å². The minimum absolute atomic E-state index is 0. The molecule has 0 saturated heterocycles. The smallest absolute Gasteiger partial charge is 0.243 e. The van der Waals surface area contributed by atoms with E-state index in [-0.39, 0.29) is 42.5 Å². The Morgan fingerprint density at radius 2 is 2.05 bits per heavy atom. The molecule has 0 aliphatic rings. The Balaban J connectivity index is 0.00000400. The molecule has 5 nitrogen and oxygen atoms in total. The molecule has 0 bridgehead atoms. The van der Waals surface area contributed by atoms with E-state index < -0.39 is 0 Å². The van der Waals surface area contributed by atoms with E-state index >= 15 is 0 Å². The Hall–Kier alpha value is -0.830. The minimum Gasteiger partial charge on any atom is -0.354 e. The number of likely N-dealkylation sites (N-methyl/N-ethyl adjacent to an activating group) is 1. The van der Waals surface area contributed by atoms with Crippen molar-refractivity contribution in [1.29, 1.82) is 0 Å². The number of rotatable bonds is 5. The molecule has 1 aromatic rings. The van der Waals surface area contributed by atoms with Crippen LogP contribution in [0.3, 0.4) is 0 Å². The fourth-order valence-electron chi connectivity index (χ4n) is 1.47. The second-order valence-electron chi connectivity index (χ2n) is 5.12. The quantitative estimate of drug-likeness (QED) is 0.433. The van der Waals surface area contributed by atoms with Crippen LogP contribution in [0.25, 0.3) is 0 Å². The van der Waals surface area contributed by atoms with E-state index in [1.807, 2.05) is 13.8 Å². The van der Waals surface area contributed by atoms with Crippen LogP contribution in [0.1, 0.15) is 23.6 Å². The molecule has 0 aliphatic carbocycles. The molecule has 0 spiro atoms. The van der Waals surface area contributed by atoms with Crippen LogP contribution >= 0.6 is 35.3 Å². The van der Waals surface area contributed by atoms with Crippen LogP contribution in [0, 0.1) is 6.92 Å². The predicted molar refractivity (Wildman–Crippen MR) is 101 cm³/mol. The predicted octanol–water partition coefficient (Wildman–Crippen LogP) is 2.21. The molecule has 0 atom stereocenters. The Morgan fingerprint density at radius 3 is 2.52 bits per heavy atom. The van der Waals surface area contributed by atoms with Crippen molar-refractivity contribution in [2.24, 2.45) is 4.99 Å². The summed E-state index contributed by atoms with van der Waals surface area (Å²) in [6.07, 6.45) is 0. The summed E-state index contributed by atoms with van der Waals surface area (Å²) in [6, 6.07) is 4.47. The number of aliphatic imine (C=N–C) groups is 1. The van der Waals surface area contributed by atoms with Gasteiger partial charge < -0.3 is 15.5 Å². The summed E-state index contributed by atoms with van der Waals surface area (Å²) in [5.74, 6) is 0.656. The van der Waals surface area contributed by atoms with Gasteiger partial charge in [-0.25, -0.2) is 4.99 Å². The van der Waals surface area contributed by atoms with Crippen LogP contribution in [-0.2, 0) is 11.3 Å². The molecule has 1 rings (SSSR count). The maximum Gasteiger partial charge on any atom is 0.243 e. The van der Waals surface area contributed by atoms with Crippen molar-refractivity contribution in [3.63, 3.8) is 0 Å². The molecule has 120 valence electrons. The maximum atomic E-state index is 11.6. The summed E-state index contributed by atoms with van der Waals surface area (Å²) in [6.45, 7) is 7.04. The monoisotopic (exact) mass is 424 g/mol. The molecule has 0 radical (unpaired) electrons. The number of hydrogen-bond donors (Lipinski definition) is 2. The molecule has 0 aromatic carbocycles. The Labute approximate surface area is 148 Å². The molecular formula is C14H25IN4OS. The molecule has 0 fully saturated rings. The lowest BCUT2D eigenvalue weighted by Gasteiger charge is -2.15. The van der Waals surface area contributed by atoms with Crippen molar-refractivity contribution >= 4 is 47.2 Å². The molecule has 1 amide bonds. The lowest BCUT2D eigenvalue weighted by molar-refractivity contribution is -0.127. The first kappa shape index (κ1) is 20.2. The van der Waals surface area contributed by atoms with Crippen LogP contribution in [0.4, 0.5) is 0 Å². The van der Waals surface area contributed by atoms with Crippen LogP contribution in [0.2, 0.25) is 0 Å². The van der Waals surface area contributed by atoms with E-state index in [0.717, 1.165) is 0 Å². The molecule has 0 unspecified atom stereocenters. The highest BCUT2D eigenvalue weighted by atomic mass is 127. The van der Waals surface area contributed by atoms with Gasteiger partial charge in [-0.3, -0.25) is 4.79 Å². The summed E-state index contributed by atoms with van der Waals surface area (Å²) >= 11 is 1.76. The highest BCUT2D eigenvalue weighted by Gasteiger charge is 2.06. The fraction of sp³-hybridized carbons (Fsp3) is 0.571. The first-order valence-electron chi connectivity index (χ1n) is 6.68. The number of aryl methyl sites for hydroxylation is 1. The zero-order valence-corrected chi connectivity index (χ0v) is 16.4. The lowest BCUT2D eigenvalue weighted by atomic mass is 10.4. The Kier molecular flexibility index (Phi) is 9.60. The first-order valence-corrected chi connectivity index (χ1v) is 7.50. The normalized spacial score (nSPS) is 11.0. The number of thiophene rings is 1. The second kappa shape index (κ2) is 9.99. The van der Waals surface area contributed by atoms with E-state index in [9.17, 15) is 4.79 Å². The number of carbonyl (C=O) groups excluding carboxylic acids is 1. The van der Waals surface area contributed by atoms with Gasteiger partial charge in [-0.15, -0.1) is 35.3 Å². The van der Waals surface area contributed by atoms with E-state index in [4.69, 9.17) is 0 Å². The van der Waals surface area contributed by atoms with Crippen molar-refractivity contribution in [3.05, 3.63) is 21.9 Å². The zero-order valence-electron chi connectivity index (χ0n) is 13.3. The summed E-state index contributed by atoms with van der Waals surface area (Å²) in [5.41, 5.74) is 0. The number of halogens is 1. The lowest BCUT2D eigenvalue weighted by Crippen LogP contribution is -2.41. The highest BCUT2D eigenvalue weighted by Crippen LogP contribution is 2.14. The van der Waals surface area contributed by atoms with Crippen molar-refractivity contribution in [2.75, 3.05) is 20.6 Å². The third-order valence-electron chi connectivity index (χ3n) is 2.52. The minimum atomic E-state index is -0.0122. The SMILES string of the molecule is Cc1ccc(CNC(=NCC(=O)N(C)C)NC(C)C)s1.I. The molecule has 7 heteroatoms. The second-order valence-corrected chi connectivity index (χ2v) is 6.49. The number of hydrogen-bond acceptors (Lipinski definition) is 3. The van der Waals surface area contributed by atoms with Crippen LogP contribution in [-0.4, -0.2) is 43.4 Å². The summed E-state index contributed by atoms with van der Waals surface area (Å²) in [7, 11) is 3.46. The van der Waals surface area contributed by atoms with Gasteiger partial charge in [0, 0.05) is 29.9 Å².